The molecule has 4 rings (SSSR count). The lowest BCUT2D eigenvalue weighted by Gasteiger charge is -2.06. The van der Waals surface area contributed by atoms with Gasteiger partial charge in [-0.1, -0.05) is 48.0 Å². The van der Waals surface area contributed by atoms with Crippen LogP contribution in [0.25, 0.3) is 21.5 Å². The normalized spacial score (nSPS) is 10.6. The van der Waals surface area contributed by atoms with Crippen molar-refractivity contribution < 1.29 is 10.2 Å². The molecule has 132 valence electrons. The van der Waals surface area contributed by atoms with E-state index in [4.69, 9.17) is 0 Å². The molecule has 0 heterocycles. The van der Waals surface area contributed by atoms with Gasteiger partial charge in [0, 0.05) is 10.8 Å². The standard InChI is InChI=1S/2C12H12O/c1-8-6-9(2)10-4-3-5-12(13)11(10)7-8;1-8-6-7-11-10(9(8)2)4-3-5-12(11)13/h2*3-7,13H,1-2H3. The highest BCUT2D eigenvalue weighted by Gasteiger charge is 2.03. The van der Waals surface area contributed by atoms with Crippen molar-refractivity contribution in [3.63, 3.8) is 0 Å². The summed E-state index contributed by atoms with van der Waals surface area (Å²) in [5, 5.41) is 23.4. The fourth-order valence-corrected chi connectivity index (χ4v) is 3.34. The fraction of sp³-hybridized carbons (Fsp3) is 0.167. The molecule has 26 heavy (non-hydrogen) atoms. The number of aryl methyl sites for hydroxylation is 4. The predicted molar refractivity (Wildman–Crippen MR) is 110 cm³/mol. The average molecular weight is 344 g/mol. The summed E-state index contributed by atoms with van der Waals surface area (Å²) in [5.74, 6) is 0.727. The van der Waals surface area contributed by atoms with Crippen LogP contribution in [0, 0.1) is 27.7 Å². The molecule has 0 bridgehead atoms. The zero-order valence-corrected chi connectivity index (χ0v) is 15.7. The van der Waals surface area contributed by atoms with Gasteiger partial charge in [-0.15, -0.1) is 0 Å². The van der Waals surface area contributed by atoms with E-state index in [9.17, 15) is 10.2 Å². The Hall–Kier alpha value is -3.00. The minimum absolute atomic E-state index is 0.362. The second-order valence-electron chi connectivity index (χ2n) is 6.83. The maximum Gasteiger partial charge on any atom is 0.123 e. The number of fused-ring (bicyclic) bond motifs is 2. The Balaban J connectivity index is 0.000000151. The molecule has 4 aromatic carbocycles. The van der Waals surface area contributed by atoms with Crippen LogP contribution in [0.5, 0.6) is 11.5 Å². The molecule has 0 aliphatic carbocycles. The van der Waals surface area contributed by atoms with Crippen molar-refractivity contribution in [2.24, 2.45) is 0 Å². The van der Waals surface area contributed by atoms with E-state index in [0.717, 1.165) is 21.5 Å². The van der Waals surface area contributed by atoms with Crippen LogP contribution < -0.4 is 0 Å². The molecule has 4 aromatic rings. The Kier molecular flexibility index (Phi) is 4.85. The Morgan fingerprint density at radius 3 is 1.85 bits per heavy atom. The van der Waals surface area contributed by atoms with Crippen molar-refractivity contribution in [3.8, 4) is 11.5 Å². The molecule has 0 spiro atoms. The van der Waals surface area contributed by atoms with Crippen LogP contribution in [0.4, 0.5) is 0 Å². The smallest absolute Gasteiger partial charge is 0.123 e. The van der Waals surface area contributed by atoms with E-state index in [0.29, 0.717) is 11.5 Å². The number of aromatic hydroxyl groups is 2. The topological polar surface area (TPSA) is 40.5 Å². The summed E-state index contributed by atoms with van der Waals surface area (Å²) < 4.78 is 0. The molecule has 0 saturated carbocycles. The summed E-state index contributed by atoms with van der Waals surface area (Å²) >= 11 is 0. The molecule has 2 nitrogen and oxygen atoms in total. The van der Waals surface area contributed by atoms with Crippen LogP contribution in [0.2, 0.25) is 0 Å². The first-order chi connectivity index (χ1) is 12.4. The van der Waals surface area contributed by atoms with E-state index in [1.165, 1.54) is 22.3 Å². The molecule has 0 unspecified atom stereocenters. The maximum absolute atomic E-state index is 9.62. The molecule has 0 atom stereocenters. The monoisotopic (exact) mass is 344 g/mol. The minimum Gasteiger partial charge on any atom is -0.507 e. The van der Waals surface area contributed by atoms with Crippen molar-refractivity contribution in [2.75, 3.05) is 0 Å². The number of phenols is 2. The first kappa shape index (κ1) is 17.8. The summed E-state index contributed by atoms with van der Waals surface area (Å²) in [6.45, 7) is 8.27. The Morgan fingerprint density at radius 1 is 0.538 bits per heavy atom. The van der Waals surface area contributed by atoms with E-state index in [1.807, 2.05) is 49.4 Å². The molecule has 0 aliphatic heterocycles. The van der Waals surface area contributed by atoms with Gasteiger partial charge < -0.3 is 10.2 Å². The van der Waals surface area contributed by atoms with Crippen LogP contribution in [0.15, 0.2) is 60.7 Å². The lowest BCUT2D eigenvalue weighted by molar-refractivity contribution is 0.481. The molecule has 0 radical (unpaired) electrons. The van der Waals surface area contributed by atoms with Crippen molar-refractivity contribution >= 4 is 21.5 Å². The number of rotatable bonds is 0. The highest BCUT2D eigenvalue weighted by molar-refractivity contribution is 5.92. The second kappa shape index (κ2) is 7.09. The highest BCUT2D eigenvalue weighted by Crippen LogP contribution is 2.28. The maximum atomic E-state index is 9.62. The molecule has 2 heteroatoms. The van der Waals surface area contributed by atoms with E-state index >= 15 is 0 Å². The highest BCUT2D eigenvalue weighted by atomic mass is 16.3. The molecular formula is C24H24O2. The number of hydrogen-bond acceptors (Lipinski definition) is 2. The van der Waals surface area contributed by atoms with Crippen LogP contribution in [0.1, 0.15) is 22.3 Å². The summed E-state index contributed by atoms with van der Waals surface area (Å²) in [6.07, 6.45) is 0. The fourth-order valence-electron chi connectivity index (χ4n) is 3.34. The molecule has 2 N–H and O–H groups in total. The first-order valence-corrected chi connectivity index (χ1v) is 8.75. The van der Waals surface area contributed by atoms with Gasteiger partial charge in [0.2, 0.25) is 0 Å². The quantitative estimate of drug-likeness (QED) is 0.391. The van der Waals surface area contributed by atoms with Gasteiger partial charge in [0.15, 0.2) is 0 Å². The van der Waals surface area contributed by atoms with Crippen molar-refractivity contribution in [2.45, 2.75) is 27.7 Å². The van der Waals surface area contributed by atoms with E-state index in [2.05, 4.69) is 26.8 Å². The summed E-state index contributed by atoms with van der Waals surface area (Å²) in [7, 11) is 0. The number of hydrogen-bond donors (Lipinski definition) is 2. The Bertz CT molecular complexity index is 1090. The minimum atomic E-state index is 0.362. The van der Waals surface area contributed by atoms with E-state index in [1.54, 1.807) is 12.1 Å². The number of phenolic OH excluding ortho intramolecular Hbond substituents is 2. The molecule has 0 fully saturated rings. The Morgan fingerprint density at radius 2 is 1.15 bits per heavy atom. The molecule has 0 saturated heterocycles. The van der Waals surface area contributed by atoms with Gasteiger partial charge in [-0.25, -0.2) is 0 Å². The first-order valence-electron chi connectivity index (χ1n) is 8.75. The van der Waals surface area contributed by atoms with Gasteiger partial charge >= 0.3 is 0 Å². The molecule has 0 aromatic heterocycles. The molecule has 0 aliphatic rings. The predicted octanol–water partition coefficient (Wildman–Crippen LogP) is 6.32. The van der Waals surface area contributed by atoms with Gasteiger partial charge in [-0.2, -0.15) is 0 Å². The van der Waals surface area contributed by atoms with Gasteiger partial charge in [-0.05, 0) is 73.4 Å². The van der Waals surface area contributed by atoms with Gasteiger partial charge in [0.25, 0.3) is 0 Å². The number of benzene rings is 4. The Labute approximate surface area is 154 Å². The molecule has 0 amide bonds. The SMILES string of the molecule is Cc1cc(C)c2cccc(O)c2c1.Cc1ccc2c(O)cccc2c1C. The third kappa shape index (κ3) is 3.36. The molecular weight excluding hydrogens is 320 g/mol. The van der Waals surface area contributed by atoms with Crippen LogP contribution in [0.3, 0.4) is 0 Å². The summed E-state index contributed by atoms with van der Waals surface area (Å²) in [6, 6.07) is 19.4. The lowest BCUT2D eigenvalue weighted by Crippen LogP contribution is -1.83. The van der Waals surface area contributed by atoms with E-state index in [-0.39, 0.29) is 0 Å². The second-order valence-corrected chi connectivity index (χ2v) is 6.83. The third-order valence-electron chi connectivity index (χ3n) is 4.90. The lowest BCUT2D eigenvalue weighted by atomic mass is 10.0. The summed E-state index contributed by atoms with van der Waals surface area (Å²) in [4.78, 5) is 0. The largest absolute Gasteiger partial charge is 0.507 e. The zero-order valence-electron chi connectivity index (χ0n) is 15.7. The van der Waals surface area contributed by atoms with E-state index < -0.39 is 0 Å². The van der Waals surface area contributed by atoms with Gasteiger partial charge in [-0.3, -0.25) is 0 Å². The van der Waals surface area contributed by atoms with Crippen LogP contribution >= 0.6 is 0 Å². The van der Waals surface area contributed by atoms with Crippen molar-refractivity contribution in [1.29, 1.82) is 0 Å². The van der Waals surface area contributed by atoms with Crippen LogP contribution in [-0.4, -0.2) is 10.2 Å². The van der Waals surface area contributed by atoms with Crippen molar-refractivity contribution in [1.82, 2.24) is 0 Å². The average Bonchev–Trinajstić information content (AvgIpc) is 2.60. The summed E-state index contributed by atoms with van der Waals surface area (Å²) in [5.41, 5.74) is 4.91. The van der Waals surface area contributed by atoms with Crippen molar-refractivity contribution in [3.05, 3.63) is 82.9 Å². The third-order valence-corrected chi connectivity index (χ3v) is 4.90. The van der Waals surface area contributed by atoms with Gasteiger partial charge in [0.05, 0.1) is 0 Å². The van der Waals surface area contributed by atoms with Gasteiger partial charge in [0.1, 0.15) is 11.5 Å². The van der Waals surface area contributed by atoms with Crippen LogP contribution in [-0.2, 0) is 0 Å². The zero-order chi connectivity index (χ0) is 18.8.